The largest absolute Gasteiger partial charge is 0.354 e. The van der Waals surface area contributed by atoms with Gasteiger partial charge in [0.15, 0.2) is 0 Å². The molecule has 5 saturated carbocycles. The Labute approximate surface area is 203 Å². The molecule has 6 rings (SSSR count). The Bertz CT molecular complexity index is 919. The molecule has 1 aromatic rings. The van der Waals surface area contributed by atoms with Crippen LogP contribution in [0.2, 0.25) is 0 Å². The van der Waals surface area contributed by atoms with Gasteiger partial charge in [-0.2, -0.15) is 11.8 Å². The van der Waals surface area contributed by atoms with E-state index in [9.17, 15) is 13.2 Å². The molecule has 0 atom stereocenters. The van der Waals surface area contributed by atoms with Crippen molar-refractivity contribution in [2.75, 3.05) is 29.4 Å². The number of carbonyl (C=O) groups is 1. The Balaban J connectivity index is 1.21. The fourth-order valence-corrected chi connectivity index (χ4v) is 9.58. The van der Waals surface area contributed by atoms with Crippen molar-refractivity contribution in [2.24, 2.45) is 17.8 Å². The van der Waals surface area contributed by atoms with Gasteiger partial charge < -0.3 is 5.32 Å². The average Bonchev–Trinajstić information content (AvgIpc) is 3.27. The molecule has 0 saturated heterocycles. The van der Waals surface area contributed by atoms with E-state index >= 15 is 0 Å². The minimum absolute atomic E-state index is 0.163. The summed E-state index contributed by atoms with van der Waals surface area (Å²) in [4.78, 5) is 12.5. The maximum Gasteiger partial charge on any atom is 0.240 e. The van der Waals surface area contributed by atoms with E-state index in [4.69, 9.17) is 0 Å². The van der Waals surface area contributed by atoms with Crippen LogP contribution >= 0.6 is 11.8 Å². The second kappa shape index (κ2) is 9.44. The van der Waals surface area contributed by atoms with Gasteiger partial charge in [0, 0.05) is 17.5 Å². The number of benzene rings is 1. The number of nitrogens with one attached hydrogen (secondary N) is 1. The second-order valence-corrected chi connectivity index (χ2v) is 14.5. The number of carbonyl (C=O) groups excluding carboxylic acids is 1. The van der Waals surface area contributed by atoms with Gasteiger partial charge in [0.05, 0.1) is 11.9 Å². The summed E-state index contributed by atoms with van der Waals surface area (Å²) in [6, 6.07) is 8.10. The van der Waals surface area contributed by atoms with Gasteiger partial charge in [-0.1, -0.05) is 25.0 Å². The summed E-state index contributed by atoms with van der Waals surface area (Å²) < 4.78 is 26.3. The predicted molar refractivity (Wildman–Crippen MR) is 136 cm³/mol. The molecular weight excluding hydrogens is 452 g/mol. The molecular formula is C26H38N2O3S2. The number of thioether (sulfide) groups is 1. The van der Waals surface area contributed by atoms with E-state index in [0.29, 0.717) is 12.2 Å². The maximum atomic E-state index is 12.5. The van der Waals surface area contributed by atoms with Crippen LogP contribution in [0.4, 0.5) is 5.69 Å². The summed E-state index contributed by atoms with van der Waals surface area (Å²) in [5, 5.41) is 3.64. The molecule has 0 aliphatic heterocycles. The highest BCUT2D eigenvalue weighted by Crippen LogP contribution is 2.60. The Kier molecular flexibility index (Phi) is 6.73. The zero-order valence-corrected chi connectivity index (χ0v) is 21.4. The molecule has 7 heteroatoms. The highest BCUT2D eigenvalue weighted by molar-refractivity contribution is 7.99. The van der Waals surface area contributed by atoms with Crippen LogP contribution in [0.5, 0.6) is 0 Å². The summed E-state index contributed by atoms with van der Waals surface area (Å²) in [7, 11) is -3.55. The van der Waals surface area contributed by atoms with E-state index in [1.807, 2.05) is 23.9 Å². The molecule has 0 heterocycles. The van der Waals surface area contributed by atoms with Crippen molar-refractivity contribution in [3.05, 3.63) is 29.8 Å². The molecule has 4 bridgehead atoms. The third kappa shape index (κ3) is 5.24. The van der Waals surface area contributed by atoms with Gasteiger partial charge in [-0.15, -0.1) is 0 Å². The number of rotatable bonds is 9. The number of hydrogen-bond acceptors (Lipinski definition) is 4. The molecule has 5 fully saturated rings. The number of anilines is 1. The van der Waals surface area contributed by atoms with E-state index in [0.717, 1.165) is 28.8 Å². The third-order valence-corrected chi connectivity index (χ3v) is 11.1. The molecule has 0 radical (unpaired) electrons. The molecule has 5 nitrogen and oxygen atoms in total. The lowest BCUT2D eigenvalue weighted by Crippen LogP contribution is -2.48. The molecule has 5 aliphatic carbocycles. The van der Waals surface area contributed by atoms with E-state index in [1.165, 1.54) is 80.3 Å². The highest BCUT2D eigenvalue weighted by atomic mass is 32.2. The quantitative estimate of drug-likeness (QED) is 0.509. The Morgan fingerprint density at radius 3 is 2.15 bits per heavy atom. The van der Waals surface area contributed by atoms with E-state index in [-0.39, 0.29) is 17.9 Å². The van der Waals surface area contributed by atoms with Crippen molar-refractivity contribution in [3.8, 4) is 0 Å². The van der Waals surface area contributed by atoms with Gasteiger partial charge in [0.2, 0.25) is 15.9 Å². The fourth-order valence-electron chi connectivity index (χ4n) is 7.50. The van der Waals surface area contributed by atoms with Crippen molar-refractivity contribution >= 4 is 33.4 Å². The Morgan fingerprint density at radius 2 is 1.61 bits per heavy atom. The van der Waals surface area contributed by atoms with Crippen molar-refractivity contribution in [3.63, 3.8) is 0 Å². The molecule has 1 N–H and O–H groups in total. The smallest absolute Gasteiger partial charge is 0.240 e. The van der Waals surface area contributed by atoms with Crippen LogP contribution in [0.1, 0.15) is 69.8 Å². The van der Waals surface area contributed by atoms with Crippen LogP contribution in [-0.2, 0) is 20.2 Å². The topological polar surface area (TPSA) is 66.5 Å². The maximum absolute atomic E-state index is 12.5. The van der Waals surface area contributed by atoms with Gasteiger partial charge in [-0.25, -0.2) is 8.42 Å². The molecule has 0 spiro atoms. The molecule has 182 valence electrons. The summed E-state index contributed by atoms with van der Waals surface area (Å²) in [5.74, 6) is 3.27. The van der Waals surface area contributed by atoms with E-state index in [1.54, 1.807) is 0 Å². The summed E-state index contributed by atoms with van der Waals surface area (Å²) in [5.41, 5.74) is 2.24. The second-order valence-electron chi connectivity index (χ2n) is 11.1. The van der Waals surface area contributed by atoms with Gasteiger partial charge in [-0.05, 0) is 92.2 Å². The van der Waals surface area contributed by atoms with Crippen LogP contribution in [0.15, 0.2) is 24.3 Å². The lowest BCUT2D eigenvalue weighted by Gasteiger charge is -2.57. The predicted octanol–water partition coefficient (Wildman–Crippen LogP) is 4.71. The van der Waals surface area contributed by atoms with Crippen LogP contribution < -0.4 is 9.62 Å². The molecule has 33 heavy (non-hydrogen) atoms. The first-order valence-corrected chi connectivity index (χ1v) is 15.7. The van der Waals surface area contributed by atoms with Crippen LogP contribution in [-0.4, -0.2) is 44.7 Å². The SMILES string of the molecule is CS(=O)(=O)N(CC(=O)NCCSC1CCCC1)c1ccc(C23CC4CC(CC(C4)C2)C3)cc1. The van der Waals surface area contributed by atoms with Crippen molar-refractivity contribution < 1.29 is 13.2 Å². The summed E-state index contributed by atoms with van der Waals surface area (Å²) in [6.45, 7) is 0.423. The Morgan fingerprint density at radius 1 is 1.03 bits per heavy atom. The summed E-state index contributed by atoms with van der Waals surface area (Å²) in [6.07, 6.45) is 14.5. The highest BCUT2D eigenvalue weighted by Gasteiger charge is 2.51. The summed E-state index contributed by atoms with van der Waals surface area (Å²) >= 11 is 1.93. The van der Waals surface area contributed by atoms with E-state index < -0.39 is 10.0 Å². The Hall–Kier alpha value is -1.21. The first-order valence-electron chi connectivity index (χ1n) is 12.8. The van der Waals surface area contributed by atoms with Crippen LogP contribution in [0, 0.1) is 17.8 Å². The molecule has 1 aromatic carbocycles. The molecule has 0 aromatic heterocycles. The number of sulfonamides is 1. The minimum Gasteiger partial charge on any atom is -0.354 e. The van der Waals surface area contributed by atoms with Crippen LogP contribution in [0.3, 0.4) is 0 Å². The number of nitrogens with zero attached hydrogens (tertiary/aromatic N) is 1. The molecule has 1 amide bonds. The molecule has 0 unspecified atom stereocenters. The van der Waals surface area contributed by atoms with E-state index in [2.05, 4.69) is 17.4 Å². The third-order valence-electron chi connectivity index (χ3n) is 8.57. The first-order chi connectivity index (χ1) is 15.8. The molecule has 5 aliphatic rings. The average molecular weight is 491 g/mol. The first kappa shape index (κ1) is 23.5. The van der Waals surface area contributed by atoms with Crippen LogP contribution in [0.25, 0.3) is 0 Å². The fraction of sp³-hybridized carbons (Fsp3) is 0.731. The van der Waals surface area contributed by atoms with Crippen molar-refractivity contribution in [1.82, 2.24) is 5.32 Å². The van der Waals surface area contributed by atoms with Gasteiger partial charge in [0.25, 0.3) is 0 Å². The lowest BCUT2D eigenvalue weighted by atomic mass is 9.48. The standard InChI is InChI=1S/C26H38N2O3S2/c1-33(30,31)28(18-25(29)27-10-11-32-24-4-2-3-5-24)23-8-6-22(7-9-23)26-15-19-12-20(16-26)14-21(13-19)17-26/h6-9,19-21,24H,2-5,10-18H2,1H3,(H,27,29). The number of hydrogen-bond donors (Lipinski definition) is 1. The number of amides is 1. The van der Waals surface area contributed by atoms with Gasteiger partial charge in [-0.3, -0.25) is 9.10 Å². The zero-order chi connectivity index (χ0) is 23.1. The zero-order valence-electron chi connectivity index (χ0n) is 19.8. The minimum atomic E-state index is -3.55. The van der Waals surface area contributed by atoms with Crippen molar-refractivity contribution in [1.29, 1.82) is 0 Å². The normalized spacial score (nSPS) is 31.1. The lowest BCUT2D eigenvalue weighted by molar-refractivity contribution is -0.119. The monoisotopic (exact) mass is 490 g/mol. The van der Waals surface area contributed by atoms with Gasteiger partial charge >= 0.3 is 0 Å². The van der Waals surface area contributed by atoms with Gasteiger partial charge in [0.1, 0.15) is 6.54 Å². The van der Waals surface area contributed by atoms with Crippen molar-refractivity contribution in [2.45, 2.75) is 74.9 Å².